The summed E-state index contributed by atoms with van der Waals surface area (Å²) in [7, 11) is 0. The van der Waals surface area contributed by atoms with Crippen LogP contribution in [0.5, 0.6) is 0 Å². The summed E-state index contributed by atoms with van der Waals surface area (Å²) in [4.78, 5) is 18.5. The number of nitrogens with two attached hydrogens (primary N) is 1. The average molecular weight is 440 g/mol. The van der Waals surface area contributed by atoms with Crippen LogP contribution in [0, 0.1) is 5.92 Å². The first-order chi connectivity index (χ1) is 15.7. The molecule has 0 atom stereocenters. The van der Waals surface area contributed by atoms with E-state index in [1.165, 1.54) is 11.1 Å². The van der Waals surface area contributed by atoms with Crippen LogP contribution in [0.15, 0.2) is 47.7 Å². The van der Waals surface area contributed by atoms with Crippen LogP contribution in [0.25, 0.3) is 0 Å². The van der Waals surface area contributed by atoms with E-state index in [4.69, 9.17) is 10.7 Å². The molecule has 8 nitrogen and oxygen atoms in total. The highest BCUT2D eigenvalue weighted by Crippen LogP contribution is 2.16. The standard InChI is InChI=1S/C24H37N7O/c1-2-26-24(27-12-5-6-14-30-16-10-20(11-17-30)23(25)32)28-18-21-8-3-4-9-22(21)19-31-15-7-13-29-31/h3-4,7-9,13,15,20H,2,5-6,10-12,14,16-19H2,1H3,(H2,25,32)(H2,26,27,28). The van der Waals surface area contributed by atoms with Gasteiger partial charge in [-0.1, -0.05) is 24.3 Å². The Kier molecular flexibility index (Phi) is 9.56. The minimum atomic E-state index is -0.145. The van der Waals surface area contributed by atoms with Crippen molar-refractivity contribution in [2.24, 2.45) is 16.6 Å². The Morgan fingerprint density at radius 1 is 1.16 bits per heavy atom. The van der Waals surface area contributed by atoms with Crippen molar-refractivity contribution in [1.82, 2.24) is 25.3 Å². The highest BCUT2D eigenvalue weighted by molar-refractivity contribution is 5.79. The van der Waals surface area contributed by atoms with E-state index in [1.54, 1.807) is 6.20 Å². The van der Waals surface area contributed by atoms with E-state index in [0.717, 1.165) is 70.9 Å². The van der Waals surface area contributed by atoms with Crippen LogP contribution in [-0.4, -0.2) is 59.3 Å². The normalized spacial score (nSPS) is 15.6. The van der Waals surface area contributed by atoms with Gasteiger partial charge < -0.3 is 21.3 Å². The lowest BCUT2D eigenvalue weighted by molar-refractivity contribution is -0.123. The second kappa shape index (κ2) is 12.9. The maximum absolute atomic E-state index is 11.3. The number of piperidine rings is 1. The van der Waals surface area contributed by atoms with Gasteiger partial charge in [-0.05, 0) is 69.4 Å². The number of hydrogen-bond acceptors (Lipinski definition) is 4. The predicted molar refractivity (Wildman–Crippen MR) is 128 cm³/mol. The van der Waals surface area contributed by atoms with Crippen LogP contribution >= 0.6 is 0 Å². The molecule has 0 saturated carbocycles. The Hall–Kier alpha value is -2.87. The molecule has 1 aromatic heterocycles. The monoisotopic (exact) mass is 439 g/mol. The summed E-state index contributed by atoms with van der Waals surface area (Å²) in [5.74, 6) is 0.772. The molecule has 1 amide bonds. The number of carbonyl (C=O) groups is 1. The fraction of sp³-hybridized carbons (Fsp3) is 0.542. The van der Waals surface area contributed by atoms with E-state index in [2.05, 4.69) is 51.8 Å². The molecule has 0 radical (unpaired) electrons. The van der Waals surface area contributed by atoms with Crippen molar-refractivity contribution in [2.45, 2.75) is 45.7 Å². The molecule has 1 aromatic carbocycles. The number of unbranched alkanes of at least 4 members (excludes halogenated alkanes) is 1. The summed E-state index contributed by atoms with van der Waals surface area (Å²) in [6.45, 7) is 8.20. The number of primary amides is 1. The maximum atomic E-state index is 11.3. The van der Waals surface area contributed by atoms with Gasteiger partial charge in [0.25, 0.3) is 0 Å². The Morgan fingerprint density at radius 2 is 1.94 bits per heavy atom. The van der Waals surface area contributed by atoms with E-state index in [-0.39, 0.29) is 11.8 Å². The number of hydrogen-bond donors (Lipinski definition) is 3. The number of guanidine groups is 1. The molecule has 1 aliphatic rings. The average Bonchev–Trinajstić information content (AvgIpc) is 3.31. The number of likely N-dealkylation sites (tertiary alicyclic amines) is 1. The molecule has 8 heteroatoms. The summed E-state index contributed by atoms with van der Waals surface area (Å²) >= 11 is 0. The first kappa shape index (κ1) is 23.8. The topological polar surface area (TPSA) is 101 Å². The highest BCUT2D eigenvalue weighted by atomic mass is 16.1. The zero-order valence-electron chi connectivity index (χ0n) is 19.2. The number of carbonyl (C=O) groups excluding carboxylic acids is 1. The number of amides is 1. The first-order valence-electron chi connectivity index (χ1n) is 11.7. The minimum absolute atomic E-state index is 0.0662. The minimum Gasteiger partial charge on any atom is -0.369 e. The summed E-state index contributed by atoms with van der Waals surface area (Å²) < 4.78 is 1.93. The van der Waals surface area contributed by atoms with Crippen molar-refractivity contribution in [1.29, 1.82) is 0 Å². The lowest BCUT2D eigenvalue weighted by atomic mass is 9.96. The molecule has 1 fully saturated rings. The molecule has 32 heavy (non-hydrogen) atoms. The van der Waals surface area contributed by atoms with E-state index < -0.39 is 0 Å². The molecule has 2 aromatic rings. The van der Waals surface area contributed by atoms with Gasteiger partial charge in [0.15, 0.2) is 5.96 Å². The molecule has 0 spiro atoms. The van der Waals surface area contributed by atoms with Crippen LogP contribution in [0.4, 0.5) is 0 Å². The van der Waals surface area contributed by atoms with Crippen LogP contribution in [0.2, 0.25) is 0 Å². The summed E-state index contributed by atoms with van der Waals surface area (Å²) in [6, 6.07) is 10.3. The van der Waals surface area contributed by atoms with Crippen LogP contribution < -0.4 is 16.4 Å². The van der Waals surface area contributed by atoms with Gasteiger partial charge in [-0.15, -0.1) is 0 Å². The van der Waals surface area contributed by atoms with E-state index >= 15 is 0 Å². The van der Waals surface area contributed by atoms with Crippen molar-refractivity contribution >= 4 is 11.9 Å². The van der Waals surface area contributed by atoms with Gasteiger partial charge in [-0.3, -0.25) is 9.48 Å². The Labute approximate surface area is 191 Å². The van der Waals surface area contributed by atoms with Gasteiger partial charge in [0.1, 0.15) is 0 Å². The molecule has 4 N–H and O–H groups in total. The summed E-state index contributed by atoms with van der Waals surface area (Å²) in [6.07, 6.45) is 7.78. The van der Waals surface area contributed by atoms with Crippen LogP contribution in [0.3, 0.4) is 0 Å². The van der Waals surface area contributed by atoms with E-state index in [1.807, 2.05) is 16.9 Å². The molecule has 0 unspecified atom stereocenters. The third kappa shape index (κ3) is 7.67. The highest BCUT2D eigenvalue weighted by Gasteiger charge is 2.22. The third-order valence-electron chi connectivity index (χ3n) is 5.95. The lowest BCUT2D eigenvalue weighted by Gasteiger charge is -2.30. The Bertz CT molecular complexity index is 842. The van der Waals surface area contributed by atoms with Gasteiger partial charge in [0, 0.05) is 31.4 Å². The second-order valence-corrected chi connectivity index (χ2v) is 8.32. The smallest absolute Gasteiger partial charge is 0.220 e. The van der Waals surface area contributed by atoms with E-state index in [9.17, 15) is 4.79 Å². The maximum Gasteiger partial charge on any atom is 0.220 e. The number of benzene rings is 1. The first-order valence-corrected chi connectivity index (χ1v) is 11.7. The number of aliphatic imine (C=N–C) groups is 1. The number of nitrogens with one attached hydrogen (secondary N) is 2. The summed E-state index contributed by atoms with van der Waals surface area (Å²) in [5, 5.41) is 11.1. The zero-order valence-corrected chi connectivity index (χ0v) is 19.2. The van der Waals surface area contributed by atoms with Gasteiger partial charge in [0.05, 0.1) is 13.1 Å². The molecule has 2 heterocycles. The quantitative estimate of drug-likeness (QED) is 0.282. The van der Waals surface area contributed by atoms with Crippen molar-refractivity contribution in [3.8, 4) is 0 Å². The molecular formula is C24H37N7O. The van der Waals surface area contributed by atoms with Crippen molar-refractivity contribution in [2.75, 3.05) is 32.7 Å². The van der Waals surface area contributed by atoms with Gasteiger partial charge in [-0.2, -0.15) is 5.10 Å². The largest absolute Gasteiger partial charge is 0.369 e. The second-order valence-electron chi connectivity index (χ2n) is 8.32. The molecule has 1 aliphatic heterocycles. The SMILES string of the molecule is CCNC(=NCc1ccccc1Cn1cccn1)NCCCCN1CCC(C(N)=O)CC1. The van der Waals surface area contributed by atoms with Crippen molar-refractivity contribution in [3.63, 3.8) is 0 Å². The zero-order chi connectivity index (χ0) is 22.6. The number of rotatable bonds is 11. The Morgan fingerprint density at radius 3 is 2.62 bits per heavy atom. The number of aromatic nitrogens is 2. The molecule has 0 aliphatic carbocycles. The summed E-state index contributed by atoms with van der Waals surface area (Å²) in [5.41, 5.74) is 7.86. The van der Waals surface area contributed by atoms with E-state index in [0.29, 0.717) is 6.54 Å². The molecule has 174 valence electrons. The van der Waals surface area contributed by atoms with Gasteiger partial charge in [0.2, 0.25) is 5.91 Å². The predicted octanol–water partition coefficient (Wildman–Crippen LogP) is 1.96. The molecule has 1 saturated heterocycles. The lowest BCUT2D eigenvalue weighted by Crippen LogP contribution is -2.39. The molecular weight excluding hydrogens is 402 g/mol. The molecule has 0 bridgehead atoms. The molecule has 3 rings (SSSR count). The number of nitrogens with zero attached hydrogens (tertiary/aromatic N) is 4. The Balaban J connectivity index is 1.41. The van der Waals surface area contributed by atoms with Gasteiger partial charge in [-0.25, -0.2) is 4.99 Å². The van der Waals surface area contributed by atoms with Crippen LogP contribution in [0.1, 0.15) is 43.7 Å². The van der Waals surface area contributed by atoms with Crippen LogP contribution in [-0.2, 0) is 17.9 Å². The van der Waals surface area contributed by atoms with Crippen molar-refractivity contribution < 1.29 is 4.79 Å². The third-order valence-corrected chi connectivity index (χ3v) is 5.95. The fourth-order valence-electron chi connectivity index (χ4n) is 4.05. The van der Waals surface area contributed by atoms with Gasteiger partial charge >= 0.3 is 0 Å². The fourth-order valence-corrected chi connectivity index (χ4v) is 4.05. The van der Waals surface area contributed by atoms with Crippen molar-refractivity contribution in [3.05, 3.63) is 53.9 Å².